The summed E-state index contributed by atoms with van der Waals surface area (Å²) in [6, 6.07) is 7.38. The average molecular weight is 528 g/mol. The lowest BCUT2D eigenvalue weighted by molar-refractivity contribution is 0.102. The van der Waals surface area contributed by atoms with Crippen LogP contribution in [0.2, 0.25) is 0 Å². The third kappa shape index (κ3) is 5.70. The molecule has 1 amide bonds. The van der Waals surface area contributed by atoms with E-state index in [9.17, 15) is 18.0 Å². The zero-order chi connectivity index (χ0) is 27.2. The molecule has 2 N–H and O–H groups in total. The molecule has 0 saturated heterocycles. The first-order valence-corrected chi connectivity index (χ1v) is 11.3. The van der Waals surface area contributed by atoms with Gasteiger partial charge < -0.3 is 29.6 Å². The molecule has 2 aromatic carbocycles. The van der Waals surface area contributed by atoms with Gasteiger partial charge in [0.1, 0.15) is 23.7 Å². The maximum atomic E-state index is 15.0. The average Bonchev–Trinajstić information content (AvgIpc) is 2.90. The number of nitrogens with zero attached hydrogens (tertiary/aromatic N) is 2. The van der Waals surface area contributed by atoms with E-state index in [1.807, 2.05) is 0 Å². The number of benzene rings is 2. The number of halogens is 3. The van der Waals surface area contributed by atoms with Gasteiger partial charge in [-0.1, -0.05) is 0 Å². The Kier molecular flexibility index (Phi) is 8.12. The van der Waals surface area contributed by atoms with Crippen LogP contribution in [0.5, 0.6) is 28.7 Å². The fourth-order valence-electron chi connectivity index (χ4n) is 3.54. The molecule has 0 unspecified atom stereocenters. The molecular weight excluding hydrogens is 505 g/mol. The quantitative estimate of drug-likeness (QED) is 0.225. The summed E-state index contributed by atoms with van der Waals surface area (Å²) >= 11 is 0. The summed E-state index contributed by atoms with van der Waals surface area (Å²) in [6.45, 7) is 0.999. The van der Waals surface area contributed by atoms with Gasteiger partial charge in [-0.3, -0.25) is 9.78 Å². The summed E-state index contributed by atoms with van der Waals surface area (Å²) in [4.78, 5) is 20.2. The van der Waals surface area contributed by atoms with E-state index in [4.69, 9.17) is 18.9 Å². The molecule has 0 aliphatic rings. The maximum Gasteiger partial charge on any atom is 0.261 e. The second-order valence-corrected chi connectivity index (χ2v) is 7.81. The van der Waals surface area contributed by atoms with E-state index >= 15 is 0 Å². The second kappa shape index (κ2) is 11.6. The molecule has 0 radical (unpaired) electrons. The summed E-state index contributed by atoms with van der Waals surface area (Å²) < 4.78 is 64.9. The molecule has 38 heavy (non-hydrogen) atoms. The molecule has 198 valence electrons. The van der Waals surface area contributed by atoms with Crippen molar-refractivity contribution >= 4 is 22.5 Å². The zero-order valence-electron chi connectivity index (χ0n) is 20.6. The van der Waals surface area contributed by atoms with Crippen LogP contribution in [0.4, 0.5) is 18.9 Å². The minimum Gasteiger partial charge on any atom is -0.496 e. The van der Waals surface area contributed by atoms with Crippen LogP contribution >= 0.6 is 0 Å². The third-order valence-electron chi connectivity index (χ3n) is 5.36. The largest absolute Gasteiger partial charge is 0.496 e. The molecule has 0 saturated carbocycles. The molecule has 0 aliphatic carbocycles. The first-order chi connectivity index (χ1) is 18.3. The van der Waals surface area contributed by atoms with Gasteiger partial charge >= 0.3 is 0 Å². The Morgan fingerprint density at radius 1 is 0.921 bits per heavy atom. The molecular formula is C26H23F3N4O5. The number of rotatable bonds is 10. The summed E-state index contributed by atoms with van der Waals surface area (Å²) in [6.07, 6.45) is 2.38. The Hall–Kier alpha value is -4.58. The molecule has 12 heteroatoms. The molecule has 0 aliphatic heterocycles. The molecule has 0 spiro atoms. The predicted molar refractivity (Wildman–Crippen MR) is 133 cm³/mol. The van der Waals surface area contributed by atoms with E-state index in [0.29, 0.717) is 35.6 Å². The predicted octanol–water partition coefficient (Wildman–Crippen LogP) is 4.71. The lowest BCUT2D eigenvalue weighted by Crippen LogP contribution is -2.16. The van der Waals surface area contributed by atoms with Gasteiger partial charge in [0.2, 0.25) is 5.95 Å². The van der Waals surface area contributed by atoms with Gasteiger partial charge in [0.25, 0.3) is 5.91 Å². The molecule has 0 atom stereocenters. The SMILES string of the molecule is CNCCOc1cc2nccc(Oc3c(F)cc(NC(=O)c4cnc(F)cc4OC)cc3F)c2cc1OC. The van der Waals surface area contributed by atoms with Crippen LogP contribution in [0.25, 0.3) is 10.9 Å². The highest BCUT2D eigenvalue weighted by atomic mass is 19.1. The van der Waals surface area contributed by atoms with Gasteiger partial charge in [0.15, 0.2) is 28.9 Å². The number of hydrogen-bond donors (Lipinski definition) is 2. The van der Waals surface area contributed by atoms with E-state index in [1.54, 1.807) is 19.2 Å². The molecule has 0 bridgehead atoms. The Morgan fingerprint density at radius 3 is 2.34 bits per heavy atom. The van der Waals surface area contributed by atoms with Crippen LogP contribution in [0.15, 0.2) is 48.8 Å². The number of carbonyl (C=O) groups is 1. The monoisotopic (exact) mass is 528 g/mol. The summed E-state index contributed by atoms with van der Waals surface area (Å²) in [5.74, 6) is -3.64. The number of pyridine rings is 2. The number of amides is 1. The van der Waals surface area contributed by atoms with Gasteiger partial charge in [0, 0.05) is 54.3 Å². The van der Waals surface area contributed by atoms with Crippen molar-refractivity contribution in [2.24, 2.45) is 0 Å². The second-order valence-electron chi connectivity index (χ2n) is 7.81. The fraction of sp³-hybridized carbons (Fsp3) is 0.192. The highest BCUT2D eigenvalue weighted by Gasteiger charge is 2.20. The fourth-order valence-corrected chi connectivity index (χ4v) is 3.54. The highest BCUT2D eigenvalue weighted by Crippen LogP contribution is 2.38. The highest BCUT2D eigenvalue weighted by molar-refractivity contribution is 6.06. The number of carbonyl (C=O) groups excluding carboxylic acids is 1. The Labute approximate surface area is 215 Å². The number of aromatic nitrogens is 2. The van der Waals surface area contributed by atoms with Crippen molar-refractivity contribution in [2.75, 3.05) is 39.7 Å². The van der Waals surface area contributed by atoms with Gasteiger partial charge in [-0.05, 0) is 19.2 Å². The van der Waals surface area contributed by atoms with E-state index in [2.05, 4.69) is 20.6 Å². The topological polar surface area (TPSA) is 104 Å². The Morgan fingerprint density at radius 2 is 1.66 bits per heavy atom. The molecule has 9 nitrogen and oxygen atoms in total. The number of ether oxygens (including phenoxy) is 4. The third-order valence-corrected chi connectivity index (χ3v) is 5.36. The summed E-state index contributed by atoms with van der Waals surface area (Å²) in [5, 5.41) is 5.73. The Balaban J connectivity index is 1.61. The van der Waals surface area contributed by atoms with Gasteiger partial charge in [-0.25, -0.2) is 13.8 Å². The van der Waals surface area contributed by atoms with Crippen LogP contribution in [0, 0.1) is 17.6 Å². The number of methoxy groups -OCH3 is 2. The maximum absolute atomic E-state index is 15.0. The van der Waals surface area contributed by atoms with Crippen LogP contribution in [-0.4, -0.2) is 50.3 Å². The van der Waals surface area contributed by atoms with Crippen LogP contribution in [0.3, 0.4) is 0 Å². The van der Waals surface area contributed by atoms with Crippen molar-refractivity contribution in [1.82, 2.24) is 15.3 Å². The first kappa shape index (κ1) is 26.5. The van der Waals surface area contributed by atoms with Crippen molar-refractivity contribution in [3.8, 4) is 28.7 Å². The van der Waals surface area contributed by atoms with Crippen LogP contribution in [-0.2, 0) is 0 Å². The van der Waals surface area contributed by atoms with E-state index in [1.165, 1.54) is 26.5 Å². The molecule has 2 aromatic heterocycles. The molecule has 4 aromatic rings. The Bertz CT molecular complexity index is 1460. The van der Waals surface area contributed by atoms with E-state index in [0.717, 1.165) is 24.4 Å². The van der Waals surface area contributed by atoms with Crippen molar-refractivity contribution in [2.45, 2.75) is 0 Å². The van der Waals surface area contributed by atoms with E-state index < -0.39 is 29.2 Å². The van der Waals surface area contributed by atoms with Crippen molar-refractivity contribution in [3.05, 3.63) is 71.9 Å². The molecule has 2 heterocycles. The molecule has 0 fully saturated rings. The summed E-state index contributed by atoms with van der Waals surface area (Å²) in [5.41, 5.74) is 0.129. The minimum atomic E-state index is -1.08. The standard InChI is InChI=1S/C26H23F3N4O5/c1-30-6-7-37-23-11-19-15(10-22(23)36-3)20(4-5-31-19)38-25-17(27)8-14(9-18(25)28)33-26(34)16-13-32-24(29)12-21(16)35-2/h4-5,8-13,30H,6-7H2,1-3H3,(H,33,34). The number of fused-ring (bicyclic) bond motifs is 1. The van der Waals surface area contributed by atoms with Crippen molar-refractivity contribution in [1.29, 1.82) is 0 Å². The lowest BCUT2D eigenvalue weighted by Gasteiger charge is -2.15. The van der Waals surface area contributed by atoms with E-state index in [-0.39, 0.29) is 22.7 Å². The lowest BCUT2D eigenvalue weighted by atomic mass is 10.1. The molecule has 4 rings (SSSR count). The van der Waals surface area contributed by atoms with Crippen LogP contribution < -0.4 is 29.6 Å². The smallest absolute Gasteiger partial charge is 0.261 e. The first-order valence-electron chi connectivity index (χ1n) is 11.3. The van der Waals surface area contributed by atoms with Crippen LogP contribution in [0.1, 0.15) is 10.4 Å². The minimum absolute atomic E-state index is 0.0912. The number of anilines is 1. The number of nitrogens with one attached hydrogen (secondary N) is 2. The zero-order valence-corrected chi connectivity index (χ0v) is 20.6. The number of hydrogen-bond acceptors (Lipinski definition) is 8. The van der Waals surface area contributed by atoms with Gasteiger partial charge in [-0.2, -0.15) is 4.39 Å². The number of likely N-dealkylation sites (N-methyl/N-ethyl adjacent to an activating group) is 1. The van der Waals surface area contributed by atoms with Gasteiger partial charge in [-0.15, -0.1) is 0 Å². The van der Waals surface area contributed by atoms with Gasteiger partial charge in [0.05, 0.1) is 19.7 Å². The van der Waals surface area contributed by atoms with Crippen molar-refractivity contribution < 1.29 is 36.9 Å². The summed E-state index contributed by atoms with van der Waals surface area (Å²) in [7, 11) is 4.51. The van der Waals surface area contributed by atoms with Crippen molar-refractivity contribution in [3.63, 3.8) is 0 Å². The normalized spacial score (nSPS) is 10.8.